The summed E-state index contributed by atoms with van der Waals surface area (Å²) in [7, 11) is 0. The van der Waals surface area contributed by atoms with Crippen molar-refractivity contribution < 1.29 is 18.8 Å². The number of carbonyl (C=O) groups excluding carboxylic acids is 3. The van der Waals surface area contributed by atoms with Crippen LogP contribution < -0.4 is 4.90 Å². The molecular weight excluding hydrogens is 382 g/mol. The topological polar surface area (TPSA) is 74.1 Å². The first kappa shape index (κ1) is 18.6. The average Bonchev–Trinajstić information content (AvgIpc) is 3.37. The minimum Gasteiger partial charge on any atom is -0.459 e. The third-order valence-corrected chi connectivity index (χ3v) is 5.44. The molecule has 0 aliphatic carbocycles. The normalized spacial score (nSPS) is 20.0. The summed E-state index contributed by atoms with van der Waals surface area (Å²) in [5, 5.41) is 0.553. The molecule has 2 aromatic rings. The molecule has 28 heavy (non-hydrogen) atoms. The van der Waals surface area contributed by atoms with Crippen molar-refractivity contribution in [3.05, 3.63) is 53.4 Å². The summed E-state index contributed by atoms with van der Waals surface area (Å²) in [5.74, 6) is -0.354. The maximum atomic E-state index is 12.9. The van der Waals surface area contributed by atoms with Crippen LogP contribution in [-0.2, 0) is 9.59 Å². The summed E-state index contributed by atoms with van der Waals surface area (Å²) in [6.07, 6.45) is 1.66. The van der Waals surface area contributed by atoms with Gasteiger partial charge in [0.1, 0.15) is 0 Å². The van der Waals surface area contributed by atoms with Crippen LogP contribution >= 0.6 is 11.6 Å². The molecule has 4 rings (SSSR count). The standard InChI is InChI=1S/C20H20ClN3O4/c21-15-3-1-4-16(12-15)24-13-14(11-18(24)25)19(26)22-6-8-23(9-7-22)20(27)17-5-2-10-28-17/h1-5,10,12,14H,6-9,11,13H2. The molecule has 0 N–H and O–H groups in total. The average molecular weight is 402 g/mol. The molecule has 1 aromatic heterocycles. The molecule has 3 amide bonds. The quantitative estimate of drug-likeness (QED) is 0.790. The summed E-state index contributed by atoms with van der Waals surface area (Å²) in [6.45, 7) is 2.15. The van der Waals surface area contributed by atoms with Gasteiger partial charge in [0, 0.05) is 49.9 Å². The third kappa shape index (κ3) is 3.62. The molecule has 3 heterocycles. The molecule has 7 nitrogen and oxygen atoms in total. The molecule has 146 valence electrons. The van der Waals surface area contributed by atoms with Gasteiger partial charge in [0.2, 0.25) is 11.8 Å². The number of carbonyl (C=O) groups is 3. The summed E-state index contributed by atoms with van der Waals surface area (Å²) in [4.78, 5) is 42.7. The molecule has 0 radical (unpaired) electrons. The SMILES string of the molecule is O=C(c1ccco1)N1CCN(C(=O)C2CC(=O)N(c3cccc(Cl)c3)C2)CC1. The maximum absolute atomic E-state index is 12.9. The van der Waals surface area contributed by atoms with Gasteiger partial charge in [-0.25, -0.2) is 0 Å². The minimum absolute atomic E-state index is 0.0389. The highest BCUT2D eigenvalue weighted by atomic mass is 35.5. The van der Waals surface area contributed by atoms with Gasteiger partial charge in [-0.15, -0.1) is 0 Å². The second-order valence-corrected chi connectivity index (χ2v) is 7.42. The second-order valence-electron chi connectivity index (χ2n) is 6.98. The molecule has 1 unspecified atom stereocenters. The van der Waals surface area contributed by atoms with E-state index in [4.69, 9.17) is 16.0 Å². The fourth-order valence-corrected chi connectivity index (χ4v) is 3.90. The van der Waals surface area contributed by atoms with Crippen LogP contribution in [0, 0.1) is 5.92 Å². The Hall–Kier alpha value is -2.80. The summed E-state index contributed by atoms with van der Waals surface area (Å²) >= 11 is 6.02. The van der Waals surface area contributed by atoms with Gasteiger partial charge >= 0.3 is 0 Å². The van der Waals surface area contributed by atoms with Gasteiger partial charge in [-0.3, -0.25) is 14.4 Å². The van der Waals surface area contributed by atoms with Crippen molar-refractivity contribution in [3.8, 4) is 0 Å². The van der Waals surface area contributed by atoms with Crippen LogP contribution in [0.25, 0.3) is 0 Å². The van der Waals surface area contributed by atoms with Gasteiger partial charge in [0.15, 0.2) is 5.76 Å². The zero-order valence-corrected chi connectivity index (χ0v) is 16.0. The monoisotopic (exact) mass is 401 g/mol. The van der Waals surface area contributed by atoms with E-state index in [1.54, 1.807) is 45.0 Å². The number of benzene rings is 1. The Morgan fingerprint density at radius 2 is 1.79 bits per heavy atom. The Labute approximate surface area is 167 Å². The van der Waals surface area contributed by atoms with E-state index in [-0.39, 0.29) is 30.1 Å². The fourth-order valence-electron chi connectivity index (χ4n) is 3.71. The van der Waals surface area contributed by atoms with Gasteiger partial charge in [0.05, 0.1) is 12.2 Å². The molecule has 1 atom stereocenters. The van der Waals surface area contributed by atoms with E-state index in [2.05, 4.69) is 0 Å². The number of hydrogen-bond acceptors (Lipinski definition) is 4. The van der Waals surface area contributed by atoms with Crippen molar-refractivity contribution in [2.24, 2.45) is 5.92 Å². The van der Waals surface area contributed by atoms with Crippen LogP contribution in [-0.4, -0.2) is 60.2 Å². The number of furan rings is 1. The van der Waals surface area contributed by atoms with E-state index in [0.29, 0.717) is 49.2 Å². The molecule has 2 fully saturated rings. The number of amides is 3. The molecule has 0 saturated carbocycles. The lowest BCUT2D eigenvalue weighted by atomic mass is 10.1. The summed E-state index contributed by atoms with van der Waals surface area (Å²) in [5.41, 5.74) is 0.710. The van der Waals surface area contributed by atoms with Crippen molar-refractivity contribution >= 4 is 35.0 Å². The Bertz CT molecular complexity index is 891. The second kappa shape index (κ2) is 7.67. The first-order valence-corrected chi connectivity index (χ1v) is 9.58. The molecule has 2 saturated heterocycles. The lowest BCUT2D eigenvalue weighted by molar-refractivity contribution is -0.137. The third-order valence-electron chi connectivity index (χ3n) is 5.20. The number of rotatable bonds is 3. The van der Waals surface area contributed by atoms with Crippen molar-refractivity contribution in [3.63, 3.8) is 0 Å². The van der Waals surface area contributed by atoms with Crippen LogP contribution in [0.3, 0.4) is 0 Å². The van der Waals surface area contributed by atoms with E-state index < -0.39 is 0 Å². The number of halogens is 1. The van der Waals surface area contributed by atoms with Gasteiger partial charge in [-0.05, 0) is 30.3 Å². The number of hydrogen-bond donors (Lipinski definition) is 0. The molecule has 1 aromatic carbocycles. The zero-order chi connectivity index (χ0) is 19.7. The first-order valence-electron chi connectivity index (χ1n) is 9.20. The van der Waals surface area contributed by atoms with Crippen molar-refractivity contribution in [1.29, 1.82) is 0 Å². The largest absolute Gasteiger partial charge is 0.459 e. The zero-order valence-electron chi connectivity index (χ0n) is 15.2. The Morgan fingerprint density at radius 3 is 2.46 bits per heavy atom. The van der Waals surface area contributed by atoms with Gasteiger partial charge in [-0.2, -0.15) is 0 Å². The van der Waals surface area contributed by atoms with Crippen LogP contribution in [0.4, 0.5) is 5.69 Å². The number of nitrogens with zero attached hydrogens (tertiary/aromatic N) is 3. The van der Waals surface area contributed by atoms with Crippen LogP contribution in [0.2, 0.25) is 5.02 Å². The van der Waals surface area contributed by atoms with E-state index in [9.17, 15) is 14.4 Å². The van der Waals surface area contributed by atoms with Crippen LogP contribution in [0.5, 0.6) is 0 Å². The van der Waals surface area contributed by atoms with E-state index in [1.807, 2.05) is 6.07 Å². The lowest BCUT2D eigenvalue weighted by Crippen LogP contribution is -2.52. The van der Waals surface area contributed by atoms with E-state index in [0.717, 1.165) is 0 Å². The molecular formula is C20H20ClN3O4. The highest BCUT2D eigenvalue weighted by Crippen LogP contribution is 2.28. The van der Waals surface area contributed by atoms with E-state index in [1.165, 1.54) is 6.26 Å². The summed E-state index contributed by atoms with van der Waals surface area (Å²) in [6, 6.07) is 10.4. The molecule has 0 bridgehead atoms. The maximum Gasteiger partial charge on any atom is 0.289 e. The summed E-state index contributed by atoms with van der Waals surface area (Å²) < 4.78 is 5.15. The predicted molar refractivity (Wildman–Crippen MR) is 103 cm³/mol. The number of anilines is 1. The van der Waals surface area contributed by atoms with Crippen molar-refractivity contribution in [1.82, 2.24) is 9.80 Å². The lowest BCUT2D eigenvalue weighted by Gasteiger charge is -2.35. The van der Waals surface area contributed by atoms with Crippen LogP contribution in [0.15, 0.2) is 47.1 Å². The fraction of sp³-hybridized carbons (Fsp3) is 0.350. The van der Waals surface area contributed by atoms with Gasteiger partial charge in [-0.1, -0.05) is 17.7 Å². The van der Waals surface area contributed by atoms with Gasteiger partial charge < -0.3 is 19.1 Å². The molecule has 8 heteroatoms. The minimum atomic E-state index is -0.376. The molecule has 2 aliphatic heterocycles. The Balaban J connectivity index is 1.35. The smallest absolute Gasteiger partial charge is 0.289 e. The predicted octanol–water partition coefficient (Wildman–Crippen LogP) is 2.27. The highest BCUT2D eigenvalue weighted by Gasteiger charge is 2.38. The highest BCUT2D eigenvalue weighted by molar-refractivity contribution is 6.31. The van der Waals surface area contributed by atoms with Crippen LogP contribution in [0.1, 0.15) is 17.0 Å². The number of piperazine rings is 1. The molecule has 2 aliphatic rings. The van der Waals surface area contributed by atoms with Crippen molar-refractivity contribution in [2.45, 2.75) is 6.42 Å². The Kier molecular flexibility index (Phi) is 5.09. The first-order chi connectivity index (χ1) is 13.5. The van der Waals surface area contributed by atoms with Crippen molar-refractivity contribution in [2.75, 3.05) is 37.6 Å². The molecule has 0 spiro atoms. The van der Waals surface area contributed by atoms with Gasteiger partial charge in [0.25, 0.3) is 5.91 Å². The van der Waals surface area contributed by atoms with E-state index >= 15 is 0 Å². The Morgan fingerprint density at radius 1 is 1.04 bits per heavy atom.